The molecule has 0 aliphatic carbocycles. The fourth-order valence-corrected chi connectivity index (χ4v) is 3.30. The van der Waals surface area contributed by atoms with E-state index in [1.54, 1.807) is 48.3 Å². The van der Waals surface area contributed by atoms with E-state index in [0.29, 0.717) is 22.8 Å². The molecular weight excluding hydrogens is 424 g/mol. The number of para-hydroxylation sites is 1. The third kappa shape index (κ3) is 4.52. The Labute approximate surface area is 189 Å². The van der Waals surface area contributed by atoms with Crippen molar-refractivity contribution >= 4 is 17.3 Å². The SMILES string of the molecule is COc1ccc(-c2nn(-c3ccccc3)cc2C(=O)Nc2ccc(OC)cc2[N+](=O)[O-])cc1. The molecule has 3 aromatic carbocycles. The average Bonchev–Trinajstić information content (AvgIpc) is 3.30. The van der Waals surface area contributed by atoms with Gasteiger partial charge in [0, 0.05) is 11.8 Å². The van der Waals surface area contributed by atoms with Crippen LogP contribution in [0.1, 0.15) is 10.4 Å². The summed E-state index contributed by atoms with van der Waals surface area (Å²) < 4.78 is 11.9. The minimum absolute atomic E-state index is 0.0546. The average molecular weight is 444 g/mol. The number of carbonyl (C=O) groups is 1. The molecule has 1 N–H and O–H groups in total. The Morgan fingerprint density at radius 3 is 2.27 bits per heavy atom. The first-order valence-corrected chi connectivity index (χ1v) is 9.93. The van der Waals surface area contributed by atoms with E-state index in [1.807, 2.05) is 30.3 Å². The van der Waals surface area contributed by atoms with E-state index >= 15 is 0 Å². The van der Waals surface area contributed by atoms with Gasteiger partial charge >= 0.3 is 0 Å². The maximum Gasteiger partial charge on any atom is 0.296 e. The predicted octanol–water partition coefficient (Wildman–Crippen LogP) is 4.72. The van der Waals surface area contributed by atoms with Gasteiger partial charge < -0.3 is 14.8 Å². The van der Waals surface area contributed by atoms with E-state index in [-0.39, 0.29) is 16.9 Å². The summed E-state index contributed by atoms with van der Waals surface area (Å²) in [5.74, 6) is 0.452. The number of ether oxygens (including phenoxy) is 2. The summed E-state index contributed by atoms with van der Waals surface area (Å²) in [4.78, 5) is 24.2. The van der Waals surface area contributed by atoms with Crippen molar-refractivity contribution in [1.82, 2.24) is 9.78 Å². The van der Waals surface area contributed by atoms with Gasteiger partial charge in [-0.1, -0.05) is 18.2 Å². The third-order valence-corrected chi connectivity index (χ3v) is 4.99. The summed E-state index contributed by atoms with van der Waals surface area (Å²) in [6, 6.07) is 20.7. The van der Waals surface area contributed by atoms with E-state index in [2.05, 4.69) is 10.4 Å². The number of benzene rings is 3. The van der Waals surface area contributed by atoms with E-state index in [4.69, 9.17) is 9.47 Å². The summed E-state index contributed by atoms with van der Waals surface area (Å²) in [7, 11) is 2.98. The van der Waals surface area contributed by atoms with E-state index in [9.17, 15) is 14.9 Å². The number of anilines is 1. The highest BCUT2D eigenvalue weighted by atomic mass is 16.6. The second-order valence-electron chi connectivity index (χ2n) is 6.99. The molecule has 0 bridgehead atoms. The number of nitrogens with zero attached hydrogens (tertiary/aromatic N) is 3. The smallest absolute Gasteiger partial charge is 0.296 e. The van der Waals surface area contributed by atoms with Crippen molar-refractivity contribution in [3.05, 3.63) is 94.7 Å². The van der Waals surface area contributed by atoms with E-state index in [0.717, 1.165) is 5.69 Å². The summed E-state index contributed by atoms with van der Waals surface area (Å²) in [6.45, 7) is 0. The van der Waals surface area contributed by atoms with Gasteiger partial charge in [-0.2, -0.15) is 5.10 Å². The Hall–Kier alpha value is -4.66. The molecule has 1 aromatic heterocycles. The topological polar surface area (TPSA) is 109 Å². The van der Waals surface area contributed by atoms with Crippen molar-refractivity contribution in [2.24, 2.45) is 0 Å². The molecule has 4 aromatic rings. The van der Waals surface area contributed by atoms with Crippen LogP contribution in [-0.4, -0.2) is 34.8 Å². The quantitative estimate of drug-likeness (QED) is 0.326. The maximum absolute atomic E-state index is 13.3. The van der Waals surface area contributed by atoms with Gasteiger partial charge in [0.1, 0.15) is 22.9 Å². The molecule has 0 fully saturated rings. The number of rotatable bonds is 7. The van der Waals surface area contributed by atoms with Crippen LogP contribution in [0.3, 0.4) is 0 Å². The van der Waals surface area contributed by atoms with Crippen molar-refractivity contribution in [2.75, 3.05) is 19.5 Å². The summed E-state index contributed by atoms with van der Waals surface area (Å²) in [6.07, 6.45) is 1.60. The number of hydrogen-bond donors (Lipinski definition) is 1. The Morgan fingerprint density at radius 2 is 1.64 bits per heavy atom. The zero-order valence-corrected chi connectivity index (χ0v) is 17.9. The molecule has 0 aliphatic rings. The second-order valence-corrected chi connectivity index (χ2v) is 6.99. The zero-order chi connectivity index (χ0) is 23.4. The lowest BCUT2D eigenvalue weighted by Gasteiger charge is -2.08. The van der Waals surface area contributed by atoms with Crippen LogP contribution in [0.5, 0.6) is 11.5 Å². The Bertz CT molecular complexity index is 1300. The van der Waals surface area contributed by atoms with E-state index in [1.165, 1.54) is 19.2 Å². The van der Waals surface area contributed by atoms with Crippen LogP contribution in [0.25, 0.3) is 16.9 Å². The number of amides is 1. The Balaban J connectivity index is 1.76. The van der Waals surface area contributed by atoms with Crippen molar-refractivity contribution in [3.63, 3.8) is 0 Å². The van der Waals surface area contributed by atoms with Gasteiger partial charge in [-0.05, 0) is 48.5 Å². The van der Waals surface area contributed by atoms with Crippen LogP contribution in [0.2, 0.25) is 0 Å². The molecule has 1 heterocycles. The van der Waals surface area contributed by atoms with Gasteiger partial charge in [0.15, 0.2) is 0 Å². The first-order valence-electron chi connectivity index (χ1n) is 9.93. The maximum atomic E-state index is 13.3. The molecule has 0 unspecified atom stereocenters. The number of nitro groups is 1. The second kappa shape index (κ2) is 9.23. The number of nitrogens with one attached hydrogen (secondary N) is 1. The first kappa shape index (κ1) is 21.6. The minimum Gasteiger partial charge on any atom is -0.497 e. The van der Waals surface area contributed by atoms with Crippen LogP contribution >= 0.6 is 0 Å². The van der Waals surface area contributed by atoms with Crippen molar-refractivity contribution in [3.8, 4) is 28.4 Å². The Morgan fingerprint density at radius 1 is 0.970 bits per heavy atom. The molecule has 0 spiro atoms. The molecular formula is C24H20N4O5. The molecule has 9 heteroatoms. The van der Waals surface area contributed by atoms with Crippen molar-refractivity contribution in [1.29, 1.82) is 0 Å². The minimum atomic E-state index is -0.574. The predicted molar refractivity (Wildman–Crippen MR) is 123 cm³/mol. The van der Waals surface area contributed by atoms with Crippen LogP contribution in [0.4, 0.5) is 11.4 Å². The first-order chi connectivity index (χ1) is 16.0. The molecule has 0 atom stereocenters. The molecule has 0 aliphatic heterocycles. The summed E-state index contributed by atoms with van der Waals surface area (Å²) in [5.41, 5.74) is 1.92. The largest absolute Gasteiger partial charge is 0.497 e. The fourth-order valence-electron chi connectivity index (χ4n) is 3.30. The molecule has 0 saturated carbocycles. The van der Waals surface area contributed by atoms with Crippen LogP contribution < -0.4 is 14.8 Å². The van der Waals surface area contributed by atoms with Crippen LogP contribution in [0, 0.1) is 10.1 Å². The fraction of sp³-hybridized carbons (Fsp3) is 0.0833. The molecule has 1 amide bonds. The Kier molecular flexibility index (Phi) is 6.03. The van der Waals surface area contributed by atoms with E-state index < -0.39 is 10.8 Å². The van der Waals surface area contributed by atoms with Crippen molar-refractivity contribution < 1.29 is 19.2 Å². The van der Waals surface area contributed by atoms with Crippen molar-refractivity contribution in [2.45, 2.75) is 0 Å². The number of methoxy groups -OCH3 is 2. The van der Waals surface area contributed by atoms with Gasteiger partial charge in [0.2, 0.25) is 0 Å². The lowest BCUT2D eigenvalue weighted by atomic mass is 10.1. The van der Waals surface area contributed by atoms with Gasteiger partial charge in [-0.15, -0.1) is 0 Å². The monoisotopic (exact) mass is 444 g/mol. The highest BCUT2D eigenvalue weighted by Crippen LogP contribution is 2.31. The third-order valence-electron chi connectivity index (χ3n) is 4.99. The number of carbonyl (C=O) groups excluding carboxylic acids is 1. The summed E-state index contributed by atoms with van der Waals surface area (Å²) >= 11 is 0. The van der Waals surface area contributed by atoms with Gasteiger partial charge in [0.05, 0.1) is 36.5 Å². The lowest BCUT2D eigenvalue weighted by Crippen LogP contribution is -2.13. The molecule has 4 rings (SSSR count). The van der Waals surface area contributed by atoms with Crippen LogP contribution in [0.15, 0.2) is 79.0 Å². The molecule has 9 nitrogen and oxygen atoms in total. The normalized spacial score (nSPS) is 10.5. The highest BCUT2D eigenvalue weighted by Gasteiger charge is 2.23. The molecule has 166 valence electrons. The van der Waals surface area contributed by atoms with Gasteiger partial charge in [-0.3, -0.25) is 14.9 Å². The number of nitro benzene ring substituents is 1. The number of aromatic nitrogens is 2. The number of hydrogen-bond acceptors (Lipinski definition) is 6. The van der Waals surface area contributed by atoms with Crippen LogP contribution in [-0.2, 0) is 0 Å². The van der Waals surface area contributed by atoms with Gasteiger partial charge in [-0.25, -0.2) is 4.68 Å². The highest BCUT2D eigenvalue weighted by molar-refractivity contribution is 6.09. The van der Waals surface area contributed by atoms with Gasteiger partial charge in [0.25, 0.3) is 11.6 Å². The molecule has 0 radical (unpaired) electrons. The lowest BCUT2D eigenvalue weighted by molar-refractivity contribution is -0.384. The molecule has 0 saturated heterocycles. The zero-order valence-electron chi connectivity index (χ0n) is 17.9. The summed E-state index contributed by atoms with van der Waals surface area (Å²) in [5, 5.41) is 18.8. The standard InChI is InChI=1S/C24H20N4O5/c1-32-18-10-8-16(9-11-18)23-20(15-27(26-23)17-6-4-3-5-7-17)24(29)25-21-13-12-19(33-2)14-22(21)28(30)31/h3-15H,1-2H3,(H,25,29). The molecule has 33 heavy (non-hydrogen) atoms.